The third kappa shape index (κ3) is 8.97. The lowest BCUT2D eigenvalue weighted by Crippen LogP contribution is -2.41. The second-order valence-electron chi connectivity index (χ2n) is 6.28. The average molecular weight is 573 g/mol. The first-order valence-electron chi connectivity index (χ1n) is 9.28. The molecule has 0 fully saturated rings. The molecule has 12 heteroatoms. The zero-order valence-electron chi connectivity index (χ0n) is 17.0. The summed E-state index contributed by atoms with van der Waals surface area (Å²) in [4.78, 5) is 19.9. The second-order valence-corrected chi connectivity index (χ2v) is 7.22. The maximum atomic E-state index is 13.5. The normalized spacial score (nSPS) is 11.6. The number of rotatable bonds is 8. The molecule has 0 saturated carbocycles. The van der Waals surface area contributed by atoms with E-state index in [1.54, 1.807) is 19.1 Å². The van der Waals surface area contributed by atoms with Crippen LogP contribution in [0.5, 0.6) is 0 Å². The van der Waals surface area contributed by atoms with E-state index in [2.05, 4.69) is 25.9 Å². The Bertz CT molecular complexity index is 888. The Labute approximate surface area is 199 Å². The molecule has 0 saturated heterocycles. The number of amides is 1. The van der Waals surface area contributed by atoms with Crippen LogP contribution in [0, 0.1) is 12.7 Å². The Kier molecular flexibility index (Phi) is 11.2. The van der Waals surface area contributed by atoms with E-state index in [1.165, 1.54) is 6.07 Å². The van der Waals surface area contributed by atoms with E-state index < -0.39 is 17.7 Å². The van der Waals surface area contributed by atoms with Gasteiger partial charge in [-0.25, -0.2) is 9.37 Å². The second kappa shape index (κ2) is 12.8. The molecule has 0 atom stereocenters. The van der Waals surface area contributed by atoms with Gasteiger partial charge in [0.25, 0.3) is 5.91 Å². The number of alkyl halides is 3. The van der Waals surface area contributed by atoms with Gasteiger partial charge < -0.3 is 16.0 Å². The lowest BCUT2D eigenvalue weighted by atomic mass is 10.1. The number of aromatic nitrogens is 1. The van der Waals surface area contributed by atoms with Crippen LogP contribution in [0.25, 0.3) is 0 Å². The van der Waals surface area contributed by atoms with Crippen LogP contribution in [0.2, 0.25) is 0 Å². The van der Waals surface area contributed by atoms with Crippen molar-refractivity contribution in [3.05, 3.63) is 51.2 Å². The third-order valence-electron chi connectivity index (χ3n) is 3.92. The summed E-state index contributed by atoms with van der Waals surface area (Å²) in [6.45, 7) is 4.99. The molecule has 1 aromatic carbocycles. The van der Waals surface area contributed by atoms with Crippen LogP contribution in [0.3, 0.4) is 0 Å². The molecule has 172 valence electrons. The third-order valence-corrected chi connectivity index (χ3v) is 4.83. The quantitative estimate of drug-likeness (QED) is 0.148. The van der Waals surface area contributed by atoms with Crippen LogP contribution >= 0.6 is 35.3 Å². The standard InChI is InChI=1S/C19H23F4N5OS.HI/c1-3-24-18(26-7-6-16-28-15(11-30-16)19(21,22)23)27-9-8-25-17(29)13-5-4-12(2)14(20)10-13;/h4-5,10-11H,3,6-9H2,1-2H3,(H,25,29)(H2,24,26,27);1H. The van der Waals surface area contributed by atoms with Crippen molar-refractivity contribution >= 4 is 47.2 Å². The van der Waals surface area contributed by atoms with Gasteiger partial charge in [0.2, 0.25) is 0 Å². The summed E-state index contributed by atoms with van der Waals surface area (Å²) in [6.07, 6.45) is -4.16. The number of carbonyl (C=O) groups is 1. The number of carbonyl (C=O) groups excluding carboxylic acids is 1. The van der Waals surface area contributed by atoms with Crippen LogP contribution in [-0.2, 0) is 12.6 Å². The number of benzene rings is 1. The van der Waals surface area contributed by atoms with E-state index in [0.717, 1.165) is 16.7 Å². The summed E-state index contributed by atoms with van der Waals surface area (Å²) < 4.78 is 51.3. The molecule has 1 aromatic heterocycles. The van der Waals surface area contributed by atoms with Crippen molar-refractivity contribution in [3.8, 4) is 0 Å². The molecule has 0 bridgehead atoms. The molecule has 1 heterocycles. The highest BCUT2D eigenvalue weighted by molar-refractivity contribution is 14.0. The number of hydrogen-bond acceptors (Lipinski definition) is 4. The zero-order chi connectivity index (χ0) is 22.1. The smallest absolute Gasteiger partial charge is 0.357 e. The fourth-order valence-corrected chi connectivity index (χ4v) is 3.15. The predicted molar refractivity (Wildman–Crippen MR) is 124 cm³/mol. The lowest BCUT2D eigenvalue weighted by molar-refractivity contribution is -0.140. The molecule has 2 rings (SSSR count). The largest absolute Gasteiger partial charge is 0.434 e. The van der Waals surface area contributed by atoms with Crippen molar-refractivity contribution < 1.29 is 22.4 Å². The molecule has 6 nitrogen and oxygen atoms in total. The van der Waals surface area contributed by atoms with Crippen LogP contribution in [0.15, 0.2) is 28.6 Å². The molecule has 0 radical (unpaired) electrons. The van der Waals surface area contributed by atoms with Gasteiger partial charge in [0.05, 0.1) is 5.01 Å². The van der Waals surface area contributed by atoms with Gasteiger partial charge in [0, 0.05) is 43.5 Å². The van der Waals surface area contributed by atoms with E-state index in [4.69, 9.17) is 0 Å². The van der Waals surface area contributed by atoms with Crippen LogP contribution < -0.4 is 16.0 Å². The van der Waals surface area contributed by atoms with E-state index >= 15 is 0 Å². The molecule has 2 aromatic rings. The molecule has 0 aliphatic heterocycles. The van der Waals surface area contributed by atoms with Crippen LogP contribution in [-0.4, -0.2) is 43.0 Å². The Morgan fingerprint density at radius 3 is 2.52 bits per heavy atom. The number of aliphatic imine (C=N–C) groups is 1. The van der Waals surface area contributed by atoms with Gasteiger partial charge in [-0.05, 0) is 31.5 Å². The van der Waals surface area contributed by atoms with Crippen LogP contribution in [0.1, 0.15) is 33.5 Å². The van der Waals surface area contributed by atoms with Crippen molar-refractivity contribution in [2.24, 2.45) is 4.99 Å². The first-order chi connectivity index (χ1) is 14.2. The Balaban J connectivity index is 0.00000480. The monoisotopic (exact) mass is 573 g/mol. The SMILES string of the molecule is CCNC(=NCCc1nc(C(F)(F)F)cs1)NCCNC(=O)c1ccc(C)c(F)c1.I. The van der Waals surface area contributed by atoms with E-state index in [1.807, 2.05) is 6.92 Å². The molecule has 0 aliphatic rings. The number of hydrogen-bond donors (Lipinski definition) is 3. The number of halogens is 5. The van der Waals surface area contributed by atoms with Gasteiger partial charge in [0.1, 0.15) is 5.82 Å². The molecular formula is C19H24F4IN5OS. The maximum absolute atomic E-state index is 13.5. The van der Waals surface area contributed by atoms with Crippen molar-refractivity contribution in [2.45, 2.75) is 26.4 Å². The molecule has 0 unspecified atom stereocenters. The molecular weight excluding hydrogens is 549 g/mol. The van der Waals surface area contributed by atoms with E-state index in [-0.39, 0.29) is 55.0 Å². The van der Waals surface area contributed by atoms with Crippen molar-refractivity contribution in [3.63, 3.8) is 0 Å². The minimum Gasteiger partial charge on any atom is -0.357 e. The van der Waals surface area contributed by atoms with Gasteiger partial charge in [-0.15, -0.1) is 35.3 Å². The molecule has 1 amide bonds. The van der Waals surface area contributed by atoms with Gasteiger partial charge in [-0.3, -0.25) is 9.79 Å². The van der Waals surface area contributed by atoms with Gasteiger partial charge in [0.15, 0.2) is 11.7 Å². The number of thiazole rings is 1. The number of guanidine groups is 1. The van der Waals surface area contributed by atoms with Crippen molar-refractivity contribution in [2.75, 3.05) is 26.2 Å². The average Bonchev–Trinajstić information content (AvgIpc) is 3.16. The molecule has 31 heavy (non-hydrogen) atoms. The van der Waals surface area contributed by atoms with Crippen LogP contribution in [0.4, 0.5) is 17.6 Å². The Hall–Kier alpha value is -1.96. The number of aryl methyl sites for hydroxylation is 1. The van der Waals surface area contributed by atoms with Gasteiger partial charge in [-0.1, -0.05) is 6.07 Å². The first kappa shape index (κ1) is 27.1. The van der Waals surface area contributed by atoms with Crippen molar-refractivity contribution in [1.29, 1.82) is 0 Å². The van der Waals surface area contributed by atoms with Gasteiger partial charge in [-0.2, -0.15) is 13.2 Å². The summed E-state index contributed by atoms with van der Waals surface area (Å²) in [5, 5.41) is 10.1. The van der Waals surface area contributed by atoms with E-state index in [9.17, 15) is 22.4 Å². The topological polar surface area (TPSA) is 78.4 Å². The number of nitrogens with one attached hydrogen (secondary N) is 3. The fourth-order valence-electron chi connectivity index (χ4n) is 2.35. The first-order valence-corrected chi connectivity index (χ1v) is 10.2. The van der Waals surface area contributed by atoms with Crippen molar-refractivity contribution in [1.82, 2.24) is 20.9 Å². The van der Waals surface area contributed by atoms with Gasteiger partial charge >= 0.3 is 6.18 Å². The highest BCUT2D eigenvalue weighted by atomic mass is 127. The summed E-state index contributed by atoms with van der Waals surface area (Å²) in [7, 11) is 0. The zero-order valence-corrected chi connectivity index (χ0v) is 20.1. The summed E-state index contributed by atoms with van der Waals surface area (Å²) >= 11 is 0.950. The molecule has 0 spiro atoms. The minimum absolute atomic E-state index is 0. The highest BCUT2D eigenvalue weighted by Gasteiger charge is 2.33. The minimum atomic E-state index is -4.44. The lowest BCUT2D eigenvalue weighted by Gasteiger charge is -2.12. The number of nitrogens with zero attached hydrogens (tertiary/aromatic N) is 2. The molecule has 3 N–H and O–H groups in total. The predicted octanol–water partition coefficient (Wildman–Crippen LogP) is 3.76. The Morgan fingerprint density at radius 1 is 1.19 bits per heavy atom. The Morgan fingerprint density at radius 2 is 1.90 bits per heavy atom. The van der Waals surface area contributed by atoms with E-state index in [0.29, 0.717) is 29.6 Å². The summed E-state index contributed by atoms with van der Waals surface area (Å²) in [5.41, 5.74) is -0.187. The maximum Gasteiger partial charge on any atom is 0.434 e. The summed E-state index contributed by atoms with van der Waals surface area (Å²) in [5.74, 6) is -0.354. The fraction of sp³-hybridized carbons (Fsp3) is 0.421. The highest BCUT2D eigenvalue weighted by Crippen LogP contribution is 2.30. The molecule has 0 aliphatic carbocycles. The summed E-state index contributed by atoms with van der Waals surface area (Å²) in [6, 6.07) is 4.28.